The minimum absolute atomic E-state index is 0.0817. The van der Waals surface area contributed by atoms with Gasteiger partial charge in [-0.05, 0) is 24.3 Å². The number of phenols is 1. The molecule has 0 aliphatic heterocycles. The molecule has 3 aromatic rings. The van der Waals surface area contributed by atoms with Crippen molar-refractivity contribution in [3.63, 3.8) is 0 Å². The zero-order valence-electron chi connectivity index (χ0n) is 17.0. The zero-order chi connectivity index (χ0) is 23.0. The van der Waals surface area contributed by atoms with Crippen molar-refractivity contribution in [3.8, 4) is 5.75 Å². The van der Waals surface area contributed by atoms with E-state index in [0.717, 1.165) is 10.6 Å². The molecule has 0 bridgehead atoms. The predicted molar refractivity (Wildman–Crippen MR) is 119 cm³/mol. The number of hydrogen-bond donors (Lipinski definition) is 4. The third kappa shape index (κ3) is 6.86. The van der Waals surface area contributed by atoms with Gasteiger partial charge in [0.2, 0.25) is 0 Å². The first-order valence-corrected chi connectivity index (χ1v) is 12.5. The minimum atomic E-state index is -5.17. The second-order valence-corrected chi connectivity index (χ2v) is 9.75. The van der Waals surface area contributed by atoms with Gasteiger partial charge in [0.1, 0.15) is 0 Å². The van der Waals surface area contributed by atoms with E-state index in [2.05, 4.69) is 5.32 Å². The van der Waals surface area contributed by atoms with Crippen LogP contribution in [-0.4, -0.2) is 46.3 Å². The van der Waals surface area contributed by atoms with Crippen LogP contribution in [-0.2, 0) is 8.53 Å². The first kappa shape index (κ1) is 24.0. The zero-order valence-corrected chi connectivity index (χ0v) is 18.8. The number of carbonyl (C=O) groups is 2. The summed E-state index contributed by atoms with van der Waals surface area (Å²) >= 11 is -5.17. The molecule has 0 aliphatic carbocycles. The third-order valence-electron chi connectivity index (χ3n) is 4.18. The van der Waals surface area contributed by atoms with Gasteiger partial charge < -0.3 is 5.32 Å². The molecule has 31 heavy (non-hydrogen) atoms. The average Bonchev–Trinajstić information content (AvgIpc) is 2.74. The Labute approximate surface area is 182 Å². The summed E-state index contributed by atoms with van der Waals surface area (Å²) in [5.41, 5.74) is 1.34. The molecule has 4 N–H and O–H groups in total. The molecule has 0 atom stereocenters. The van der Waals surface area contributed by atoms with Crippen LogP contribution in [0.2, 0.25) is 0 Å². The molecule has 8 nitrogen and oxygen atoms in total. The van der Waals surface area contributed by atoms with Gasteiger partial charge in [0.05, 0.1) is 0 Å². The van der Waals surface area contributed by atoms with Crippen molar-refractivity contribution in [3.05, 3.63) is 84.4 Å². The molecule has 0 unspecified atom stereocenters. The number of amides is 2. The van der Waals surface area contributed by atoms with E-state index in [9.17, 15) is 18.4 Å². The van der Waals surface area contributed by atoms with Crippen molar-refractivity contribution in [2.75, 3.05) is 17.3 Å². The van der Waals surface area contributed by atoms with Crippen molar-refractivity contribution in [2.24, 2.45) is 0 Å². The molecule has 0 spiro atoms. The topological polar surface area (TPSA) is 127 Å². The standard InChI is InChI=1S/C13H11NO.C9H12AsNO5/c15-13(11-7-3-1-4-8-11)14-12-9-5-2-6-10-12;1-6(12)11(2)9-7(10(14,15)16)4-3-5-8(9)13/h1-10H,(H,14,15);3-5,13H,1-2H3,(H2,14,15,16). The van der Waals surface area contributed by atoms with Gasteiger partial charge in [0, 0.05) is 11.3 Å². The predicted octanol–water partition coefficient (Wildman–Crippen LogP) is 1.87. The fourth-order valence-electron chi connectivity index (χ4n) is 2.57. The maximum atomic E-state index is 11.7. The second kappa shape index (κ2) is 10.6. The van der Waals surface area contributed by atoms with E-state index in [1.165, 1.54) is 32.2 Å². The largest absolute Gasteiger partial charge is 0.322 e. The van der Waals surface area contributed by atoms with Crippen molar-refractivity contribution in [1.82, 2.24) is 0 Å². The smallest absolute Gasteiger partial charge is 0.255 e. The van der Waals surface area contributed by atoms with Crippen LogP contribution < -0.4 is 14.6 Å². The number of anilines is 2. The Bertz CT molecular complexity index is 1080. The van der Waals surface area contributed by atoms with Gasteiger partial charge >= 0.3 is 94.8 Å². The van der Waals surface area contributed by atoms with Crippen LogP contribution in [0.1, 0.15) is 17.3 Å². The van der Waals surface area contributed by atoms with Gasteiger partial charge in [-0.15, -0.1) is 0 Å². The number of nitrogens with zero attached hydrogens (tertiary/aromatic N) is 1. The van der Waals surface area contributed by atoms with Crippen LogP contribution in [0, 0.1) is 0 Å². The molecular formula is C22H23AsN2O6. The van der Waals surface area contributed by atoms with Gasteiger partial charge in [-0.1, -0.05) is 36.4 Å². The van der Waals surface area contributed by atoms with Crippen LogP contribution in [0.3, 0.4) is 0 Å². The van der Waals surface area contributed by atoms with E-state index in [1.807, 2.05) is 48.5 Å². The Morgan fingerprint density at radius 3 is 1.94 bits per heavy atom. The molecular weight excluding hydrogens is 463 g/mol. The maximum absolute atomic E-state index is 11.7. The Balaban J connectivity index is 0.000000220. The first-order valence-electron chi connectivity index (χ1n) is 9.15. The maximum Gasteiger partial charge on any atom is 0.255 e. The molecule has 0 fully saturated rings. The van der Waals surface area contributed by atoms with Gasteiger partial charge in [-0.3, -0.25) is 4.79 Å². The minimum Gasteiger partial charge on any atom is -0.322 e. The summed E-state index contributed by atoms with van der Waals surface area (Å²) in [6.45, 7) is 1.24. The summed E-state index contributed by atoms with van der Waals surface area (Å²) in [5, 5.41) is 12.4. The molecule has 0 heterocycles. The number of para-hydroxylation sites is 2. The summed E-state index contributed by atoms with van der Waals surface area (Å²) in [5.74, 6) is -0.839. The van der Waals surface area contributed by atoms with E-state index < -0.39 is 20.1 Å². The van der Waals surface area contributed by atoms with Crippen LogP contribution in [0.4, 0.5) is 11.4 Å². The van der Waals surface area contributed by atoms with E-state index in [1.54, 1.807) is 12.1 Å². The van der Waals surface area contributed by atoms with Gasteiger partial charge in [0.25, 0.3) is 5.91 Å². The molecule has 0 saturated carbocycles. The first-order chi connectivity index (χ1) is 14.6. The van der Waals surface area contributed by atoms with Crippen LogP contribution >= 0.6 is 0 Å². The summed E-state index contributed by atoms with van der Waals surface area (Å²) in [6, 6.07) is 22.4. The molecule has 0 aromatic heterocycles. The summed E-state index contributed by atoms with van der Waals surface area (Å²) in [4.78, 5) is 23.9. The Morgan fingerprint density at radius 2 is 1.42 bits per heavy atom. The van der Waals surface area contributed by atoms with Crippen LogP contribution in [0.5, 0.6) is 5.75 Å². The van der Waals surface area contributed by atoms with Crippen molar-refractivity contribution in [1.29, 1.82) is 0 Å². The van der Waals surface area contributed by atoms with Crippen LogP contribution in [0.25, 0.3) is 0 Å². The molecule has 0 radical (unpaired) electrons. The number of carbonyl (C=O) groups excluding carboxylic acids is 2. The second-order valence-electron chi connectivity index (χ2n) is 6.45. The average molecular weight is 486 g/mol. The number of benzene rings is 3. The van der Waals surface area contributed by atoms with E-state index in [0.29, 0.717) is 5.56 Å². The van der Waals surface area contributed by atoms with E-state index in [4.69, 9.17) is 8.19 Å². The van der Waals surface area contributed by atoms with Gasteiger partial charge in [-0.25, -0.2) is 0 Å². The summed E-state index contributed by atoms with van der Waals surface area (Å²) in [7, 11) is 1.34. The monoisotopic (exact) mass is 486 g/mol. The Morgan fingerprint density at radius 1 is 0.871 bits per heavy atom. The number of rotatable bonds is 4. The molecule has 9 heteroatoms. The Hall–Kier alpha value is -3.32. The molecule has 0 saturated heterocycles. The number of aromatic hydroxyl groups is 1. The third-order valence-corrected chi connectivity index (χ3v) is 6.26. The number of phenolic OH excluding ortho intramolecular Hbond substituents is 1. The fourth-order valence-corrected chi connectivity index (χ4v) is 4.29. The molecule has 3 rings (SSSR count). The molecule has 3 aromatic carbocycles. The summed E-state index contributed by atoms with van der Waals surface area (Å²) < 4.78 is 29.2. The van der Waals surface area contributed by atoms with Gasteiger partial charge in [-0.2, -0.15) is 0 Å². The molecule has 0 aliphatic rings. The molecule has 2 amide bonds. The van der Waals surface area contributed by atoms with Crippen LogP contribution in [0.15, 0.2) is 78.9 Å². The summed E-state index contributed by atoms with van der Waals surface area (Å²) in [6.07, 6.45) is 0. The SMILES string of the molecule is CC(=O)N(C)c1c(O)cccc1[As](=O)(O)O.O=C(Nc1ccccc1)c1ccccc1. The fraction of sp³-hybridized carbons (Fsp3) is 0.0909. The van der Waals surface area contributed by atoms with Crippen molar-refractivity contribution >= 4 is 41.7 Å². The number of nitrogens with one attached hydrogen (secondary N) is 1. The van der Waals surface area contributed by atoms with Gasteiger partial charge in [0.15, 0.2) is 0 Å². The Kier molecular flexibility index (Phi) is 8.21. The quantitative estimate of drug-likeness (QED) is 0.417. The van der Waals surface area contributed by atoms with Crippen molar-refractivity contribution in [2.45, 2.75) is 6.92 Å². The molecule has 162 valence electrons. The normalized spacial score (nSPS) is 10.5. The van der Waals surface area contributed by atoms with Crippen molar-refractivity contribution < 1.29 is 26.6 Å². The number of hydrogen-bond acceptors (Lipinski definition) is 4. The van der Waals surface area contributed by atoms with E-state index >= 15 is 0 Å². The van der Waals surface area contributed by atoms with E-state index in [-0.39, 0.29) is 21.7 Å².